The molecule has 0 bridgehead atoms. The number of hydrogen-bond acceptors (Lipinski definition) is 6. The fourth-order valence-corrected chi connectivity index (χ4v) is 2.96. The summed E-state index contributed by atoms with van der Waals surface area (Å²) in [5.41, 5.74) is 0.808. The van der Waals surface area contributed by atoms with Gasteiger partial charge in [-0.25, -0.2) is 13.1 Å². The van der Waals surface area contributed by atoms with E-state index < -0.39 is 10.0 Å². The molecule has 0 aliphatic heterocycles. The van der Waals surface area contributed by atoms with Gasteiger partial charge in [0.2, 0.25) is 21.7 Å². The highest BCUT2D eigenvalue weighted by Crippen LogP contribution is 2.19. The Morgan fingerprint density at radius 1 is 1.27 bits per heavy atom. The van der Waals surface area contributed by atoms with Crippen LogP contribution in [-0.4, -0.2) is 38.0 Å². The van der Waals surface area contributed by atoms with Crippen LogP contribution in [-0.2, 0) is 16.4 Å². The van der Waals surface area contributed by atoms with Gasteiger partial charge in [-0.2, -0.15) is 4.98 Å². The van der Waals surface area contributed by atoms with Gasteiger partial charge in [-0.1, -0.05) is 12.1 Å². The Kier molecular flexibility index (Phi) is 5.51. The second kappa shape index (κ2) is 7.37. The van der Waals surface area contributed by atoms with Gasteiger partial charge in [0.25, 0.3) is 0 Å². The van der Waals surface area contributed by atoms with E-state index in [0.29, 0.717) is 24.6 Å². The van der Waals surface area contributed by atoms with Gasteiger partial charge in [-0.3, -0.25) is 0 Å². The van der Waals surface area contributed by atoms with Crippen molar-refractivity contribution in [3.8, 4) is 17.1 Å². The number of benzene rings is 1. The minimum absolute atomic E-state index is 0.119. The molecule has 0 aliphatic carbocycles. The quantitative estimate of drug-likeness (QED) is 0.792. The van der Waals surface area contributed by atoms with Crippen molar-refractivity contribution in [1.82, 2.24) is 14.9 Å². The maximum Gasteiger partial charge on any atom is 0.228 e. The Morgan fingerprint density at radius 2 is 2.00 bits per heavy atom. The Bertz CT molecular complexity index is 695. The number of aromatic nitrogens is 2. The lowest BCUT2D eigenvalue weighted by Crippen LogP contribution is -2.28. The van der Waals surface area contributed by atoms with E-state index in [4.69, 9.17) is 9.26 Å². The van der Waals surface area contributed by atoms with Crippen molar-refractivity contribution in [2.75, 3.05) is 19.4 Å². The number of methoxy groups -OCH3 is 1. The molecule has 8 heteroatoms. The summed E-state index contributed by atoms with van der Waals surface area (Å²) in [5, 5.41) is 3.89. The highest BCUT2D eigenvalue weighted by molar-refractivity contribution is 7.89. The molecular formula is C14H19N3O4S. The van der Waals surface area contributed by atoms with Crippen molar-refractivity contribution >= 4 is 10.0 Å². The topological polar surface area (TPSA) is 94.3 Å². The summed E-state index contributed by atoms with van der Waals surface area (Å²) in [6.07, 6.45) is 0.934. The van der Waals surface area contributed by atoms with Crippen LogP contribution in [0, 0.1) is 0 Å². The number of hydrogen-bond donors (Lipinski definition) is 1. The molecule has 120 valence electrons. The normalized spacial score (nSPS) is 11.5. The fourth-order valence-electron chi connectivity index (χ4n) is 1.87. The molecule has 0 saturated heterocycles. The lowest BCUT2D eigenvalue weighted by molar-refractivity contribution is 0.379. The van der Waals surface area contributed by atoms with Gasteiger partial charge in [0.05, 0.1) is 12.9 Å². The molecule has 0 fully saturated rings. The van der Waals surface area contributed by atoms with E-state index >= 15 is 0 Å². The van der Waals surface area contributed by atoms with Crippen LogP contribution in [0.15, 0.2) is 28.8 Å². The highest BCUT2D eigenvalue weighted by atomic mass is 32.2. The average molecular weight is 325 g/mol. The molecule has 0 amide bonds. The second-order valence-corrected chi connectivity index (χ2v) is 6.63. The van der Waals surface area contributed by atoms with E-state index in [2.05, 4.69) is 14.9 Å². The van der Waals surface area contributed by atoms with Gasteiger partial charge in [0, 0.05) is 18.5 Å². The van der Waals surface area contributed by atoms with Gasteiger partial charge in [-0.05, 0) is 30.7 Å². The molecule has 0 atom stereocenters. The zero-order valence-corrected chi connectivity index (χ0v) is 13.4. The molecule has 22 heavy (non-hydrogen) atoms. The minimum Gasteiger partial charge on any atom is -0.497 e. The van der Waals surface area contributed by atoms with Crippen molar-refractivity contribution in [2.45, 2.75) is 19.8 Å². The summed E-state index contributed by atoms with van der Waals surface area (Å²) < 4.78 is 35.7. The van der Waals surface area contributed by atoms with E-state index in [1.54, 1.807) is 7.11 Å². The third-order valence-electron chi connectivity index (χ3n) is 2.95. The lowest BCUT2D eigenvalue weighted by atomic mass is 10.2. The van der Waals surface area contributed by atoms with Gasteiger partial charge in [-0.15, -0.1) is 0 Å². The van der Waals surface area contributed by atoms with Gasteiger partial charge in [0.1, 0.15) is 5.75 Å². The zero-order valence-electron chi connectivity index (χ0n) is 12.6. The molecule has 2 aromatic rings. The smallest absolute Gasteiger partial charge is 0.228 e. The van der Waals surface area contributed by atoms with E-state index in [1.807, 2.05) is 31.2 Å². The maximum atomic E-state index is 11.5. The van der Waals surface area contributed by atoms with Crippen molar-refractivity contribution in [1.29, 1.82) is 0 Å². The minimum atomic E-state index is -3.21. The van der Waals surface area contributed by atoms with Crippen molar-refractivity contribution in [3.63, 3.8) is 0 Å². The van der Waals surface area contributed by atoms with Crippen LogP contribution in [0.2, 0.25) is 0 Å². The molecule has 2 rings (SSSR count). The SMILES string of the molecule is CCCS(=O)(=O)NCCc1nc(-c2ccc(OC)cc2)no1. The first-order valence-corrected chi connectivity index (χ1v) is 8.63. The first kappa shape index (κ1) is 16.4. The maximum absolute atomic E-state index is 11.5. The van der Waals surface area contributed by atoms with E-state index in [1.165, 1.54) is 0 Å². The van der Waals surface area contributed by atoms with Crippen molar-refractivity contribution in [2.24, 2.45) is 0 Å². The van der Waals surface area contributed by atoms with Gasteiger partial charge >= 0.3 is 0 Å². The molecule has 1 heterocycles. The Morgan fingerprint density at radius 3 is 2.64 bits per heavy atom. The first-order chi connectivity index (χ1) is 10.5. The second-order valence-electron chi connectivity index (χ2n) is 4.70. The summed E-state index contributed by atoms with van der Waals surface area (Å²) in [4.78, 5) is 4.25. The largest absolute Gasteiger partial charge is 0.497 e. The number of nitrogens with zero attached hydrogens (tertiary/aromatic N) is 2. The molecule has 1 aromatic heterocycles. The Hall–Kier alpha value is -1.93. The number of ether oxygens (including phenoxy) is 1. The van der Waals surface area contributed by atoms with Gasteiger partial charge in [0.15, 0.2) is 0 Å². The van der Waals surface area contributed by atoms with Crippen LogP contribution in [0.25, 0.3) is 11.4 Å². The molecule has 1 N–H and O–H groups in total. The predicted octanol–water partition coefficient (Wildman–Crippen LogP) is 1.62. The van der Waals surface area contributed by atoms with E-state index in [9.17, 15) is 8.42 Å². The zero-order chi connectivity index (χ0) is 16.0. The van der Waals surface area contributed by atoms with Crippen LogP contribution in [0.3, 0.4) is 0 Å². The Labute approximate surface area is 129 Å². The van der Waals surface area contributed by atoms with Crippen LogP contribution in [0.1, 0.15) is 19.2 Å². The summed E-state index contributed by atoms with van der Waals surface area (Å²) >= 11 is 0. The summed E-state index contributed by atoms with van der Waals surface area (Å²) in [7, 11) is -1.61. The first-order valence-electron chi connectivity index (χ1n) is 6.98. The highest BCUT2D eigenvalue weighted by Gasteiger charge is 2.11. The Balaban J connectivity index is 1.93. The molecule has 0 radical (unpaired) electrons. The fraction of sp³-hybridized carbons (Fsp3) is 0.429. The van der Waals surface area contributed by atoms with E-state index in [-0.39, 0.29) is 12.3 Å². The standard InChI is InChI=1S/C14H19N3O4S/c1-3-10-22(18,19)15-9-8-13-16-14(17-21-13)11-4-6-12(20-2)7-5-11/h4-7,15H,3,8-10H2,1-2H3. The monoisotopic (exact) mass is 325 g/mol. The average Bonchev–Trinajstić information content (AvgIpc) is 2.96. The summed E-state index contributed by atoms with van der Waals surface area (Å²) in [5.74, 6) is 1.73. The molecule has 7 nitrogen and oxygen atoms in total. The molecular weight excluding hydrogens is 306 g/mol. The molecule has 1 aromatic carbocycles. The van der Waals surface area contributed by atoms with Crippen molar-refractivity contribution in [3.05, 3.63) is 30.2 Å². The molecule has 0 unspecified atom stereocenters. The summed E-state index contributed by atoms with van der Waals surface area (Å²) in [6.45, 7) is 2.06. The lowest BCUT2D eigenvalue weighted by Gasteiger charge is -2.02. The molecule has 0 saturated carbocycles. The molecule has 0 spiro atoms. The predicted molar refractivity (Wildman–Crippen MR) is 82.1 cm³/mol. The molecule has 0 aliphatic rings. The third-order valence-corrected chi connectivity index (χ3v) is 4.54. The number of nitrogens with one attached hydrogen (secondary N) is 1. The van der Waals surface area contributed by atoms with Crippen LogP contribution in [0.5, 0.6) is 5.75 Å². The van der Waals surface area contributed by atoms with Crippen LogP contribution < -0.4 is 9.46 Å². The van der Waals surface area contributed by atoms with Crippen LogP contribution in [0.4, 0.5) is 0 Å². The number of rotatable bonds is 8. The number of sulfonamides is 1. The van der Waals surface area contributed by atoms with Crippen molar-refractivity contribution < 1.29 is 17.7 Å². The third kappa shape index (κ3) is 4.54. The summed E-state index contributed by atoms with van der Waals surface area (Å²) in [6, 6.07) is 7.28. The van der Waals surface area contributed by atoms with E-state index in [0.717, 1.165) is 11.3 Å². The van der Waals surface area contributed by atoms with Crippen LogP contribution >= 0.6 is 0 Å². The van der Waals surface area contributed by atoms with Gasteiger partial charge < -0.3 is 9.26 Å².